The van der Waals surface area contributed by atoms with Crippen LogP contribution in [0.3, 0.4) is 0 Å². The van der Waals surface area contributed by atoms with E-state index in [0.29, 0.717) is 13.2 Å². The fourth-order valence-corrected chi connectivity index (χ4v) is 2.65. The van der Waals surface area contributed by atoms with Gasteiger partial charge >= 0.3 is 0 Å². The van der Waals surface area contributed by atoms with Crippen LogP contribution in [0.15, 0.2) is 35.6 Å². The molecule has 0 aliphatic carbocycles. The normalized spacial score (nSPS) is 12.1. The summed E-state index contributed by atoms with van der Waals surface area (Å²) in [5.41, 5.74) is 1.39. The summed E-state index contributed by atoms with van der Waals surface area (Å²) >= 11 is 0. The van der Waals surface area contributed by atoms with Crippen LogP contribution < -0.4 is 15.4 Å². The smallest absolute Gasteiger partial charge is 0.191 e. The highest BCUT2D eigenvalue weighted by molar-refractivity contribution is 5.79. The van der Waals surface area contributed by atoms with E-state index in [0.717, 1.165) is 37.0 Å². The molecule has 0 atom stereocenters. The molecule has 0 aliphatic heterocycles. The molecule has 1 aromatic heterocycles. The molecule has 0 radical (unpaired) electrons. The Morgan fingerprint density at radius 1 is 1.22 bits per heavy atom. The van der Waals surface area contributed by atoms with Gasteiger partial charge in [0, 0.05) is 26.6 Å². The van der Waals surface area contributed by atoms with Crippen molar-refractivity contribution >= 4 is 5.96 Å². The van der Waals surface area contributed by atoms with Gasteiger partial charge in [-0.2, -0.15) is 0 Å². The van der Waals surface area contributed by atoms with E-state index in [1.807, 2.05) is 16.7 Å². The second-order valence-electron chi connectivity index (χ2n) is 7.35. The van der Waals surface area contributed by atoms with Crippen LogP contribution in [0.5, 0.6) is 5.75 Å². The lowest BCUT2D eigenvalue weighted by Crippen LogP contribution is -2.40. The first-order valence-electron chi connectivity index (χ1n) is 9.48. The highest BCUT2D eigenvalue weighted by atomic mass is 16.5. The summed E-state index contributed by atoms with van der Waals surface area (Å²) in [7, 11) is 1.76. The molecule has 7 heteroatoms. The maximum absolute atomic E-state index is 5.86. The first-order chi connectivity index (χ1) is 12.9. The molecule has 2 aromatic rings. The summed E-state index contributed by atoms with van der Waals surface area (Å²) in [5.74, 6) is 2.64. The van der Waals surface area contributed by atoms with Gasteiger partial charge in [-0.1, -0.05) is 39.8 Å². The Kier molecular flexibility index (Phi) is 7.64. The standard InChI is InChI=1S/C20H32N6O/c1-6-18-25-24-15-26(18)12-10-22-19(21-5)23-11-13-27-17-9-7-8-16(14-17)20(2,3)4/h7-9,14-15H,6,10-13H2,1-5H3,(H2,21,22,23). The lowest BCUT2D eigenvalue weighted by Gasteiger charge is -2.20. The largest absolute Gasteiger partial charge is 0.492 e. The third-order valence-electron chi connectivity index (χ3n) is 4.24. The van der Waals surface area contributed by atoms with Crippen molar-refractivity contribution in [1.29, 1.82) is 0 Å². The average Bonchev–Trinajstić information content (AvgIpc) is 3.10. The molecule has 0 aliphatic rings. The van der Waals surface area contributed by atoms with Crippen LogP contribution in [0.4, 0.5) is 0 Å². The third-order valence-corrected chi connectivity index (χ3v) is 4.24. The number of hydrogen-bond donors (Lipinski definition) is 2. The molecule has 2 rings (SSSR count). The molecule has 0 saturated carbocycles. The summed E-state index contributed by atoms with van der Waals surface area (Å²) in [6.07, 6.45) is 2.64. The summed E-state index contributed by atoms with van der Waals surface area (Å²) in [4.78, 5) is 4.24. The highest BCUT2D eigenvalue weighted by Gasteiger charge is 2.13. The minimum Gasteiger partial charge on any atom is -0.492 e. The minimum atomic E-state index is 0.117. The molecule has 148 valence electrons. The molecule has 1 heterocycles. The molecule has 27 heavy (non-hydrogen) atoms. The molecule has 7 nitrogen and oxygen atoms in total. The molecule has 2 N–H and O–H groups in total. The van der Waals surface area contributed by atoms with Crippen molar-refractivity contribution in [2.45, 2.75) is 46.1 Å². The van der Waals surface area contributed by atoms with E-state index in [2.05, 4.69) is 65.7 Å². The number of rotatable bonds is 8. The topological polar surface area (TPSA) is 76.4 Å². The van der Waals surface area contributed by atoms with Crippen molar-refractivity contribution in [2.75, 3.05) is 26.7 Å². The van der Waals surface area contributed by atoms with Crippen LogP contribution in [0.2, 0.25) is 0 Å². The highest BCUT2D eigenvalue weighted by Crippen LogP contribution is 2.25. The van der Waals surface area contributed by atoms with Crippen molar-refractivity contribution in [3.63, 3.8) is 0 Å². The first kappa shape index (κ1) is 20.7. The third kappa shape index (κ3) is 6.58. The van der Waals surface area contributed by atoms with E-state index in [4.69, 9.17) is 4.74 Å². The van der Waals surface area contributed by atoms with Gasteiger partial charge in [0.2, 0.25) is 0 Å². The van der Waals surface area contributed by atoms with Gasteiger partial charge in [-0.15, -0.1) is 10.2 Å². The van der Waals surface area contributed by atoms with Crippen LogP contribution in [0.25, 0.3) is 0 Å². The van der Waals surface area contributed by atoms with E-state index in [1.54, 1.807) is 13.4 Å². The maximum atomic E-state index is 5.86. The molecular weight excluding hydrogens is 340 g/mol. The number of aliphatic imine (C=N–C) groups is 1. The van der Waals surface area contributed by atoms with Crippen molar-refractivity contribution in [3.05, 3.63) is 42.0 Å². The van der Waals surface area contributed by atoms with Crippen molar-refractivity contribution in [2.24, 2.45) is 4.99 Å². The van der Waals surface area contributed by atoms with E-state index in [9.17, 15) is 0 Å². The quantitative estimate of drug-likeness (QED) is 0.423. The molecule has 0 spiro atoms. The second kappa shape index (κ2) is 9.94. The number of ether oxygens (including phenoxy) is 1. The average molecular weight is 373 g/mol. The molecule has 0 saturated heterocycles. The van der Waals surface area contributed by atoms with Crippen LogP contribution >= 0.6 is 0 Å². The SMILES string of the molecule is CCc1nncn1CCNC(=NC)NCCOc1cccc(C(C)(C)C)c1. The minimum absolute atomic E-state index is 0.117. The van der Waals surface area contributed by atoms with Gasteiger partial charge in [0.05, 0.1) is 6.54 Å². The summed E-state index contributed by atoms with van der Waals surface area (Å²) in [5, 5.41) is 14.6. The van der Waals surface area contributed by atoms with Crippen molar-refractivity contribution < 1.29 is 4.74 Å². The van der Waals surface area contributed by atoms with E-state index < -0.39 is 0 Å². The predicted octanol–water partition coefficient (Wildman–Crippen LogP) is 2.38. The fourth-order valence-electron chi connectivity index (χ4n) is 2.65. The van der Waals surface area contributed by atoms with Crippen molar-refractivity contribution in [3.8, 4) is 5.75 Å². The van der Waals surface area contributed by atoms with Crippen LogP contribution in [-0.2, 0) is 18.4 Å². The second-order valence-corrected chi connectivity index (χ2v) is 7.35. The molecular formula is C20H32N6O. The van der Waals surface area contributed by atoms with Gasteiger partial charge in [0.15, 0.2) is 5.96 Å². The molecule has 0 unspecified atom stereocenters. The van der Waals surface area contributed by atoms with Gasteiger partial charge in [0.25, 0.3) is 0 Å². The number of benzene rings is 1. The maximum Gasteiger partial charge on any atom is 0.191 e. The van der Waals surface area contributed by atoms with Crippen LogP contribution in [0, 0.1) is 0 Å². The van der Waals surface area contributed by atoms with E-state index >= 15 is 0 Å². The Bertz CT molecular complexity index is 732. The number of aromatic nitrogens is 3. The number of aryl methyl sites for hydroxylation is 1. The molecule has 0 fully saturated rings. The zero-order chi connectivity index (χ0) is 19.7. The van der Waals surface area contributed by atoms with E-state index in [1.165, 1.54) is 5.56 Å². The Hall–Kier alpha value is -2.57. The lowest BCUT2D eigenvalue weighted by molar-refractivity contribution is 0.321. The van der Waals surface area contributed by atoms with Crippen LogP contribution in [-0.4, -0.2) is 47.5 Å². The zero-order valence-electron chi connectivity index (χ0n) is 17.1. The van der Waals surface area contributed by atoms with E-state index in [-0.39, 0.29) is 5.41 Å². The monoisotopic (exact) mass is 372 g/mol. The Morgan fingerprint density at radius 3 is 2.70 bits per heavy atom. The van der Waals surface area contributed by atoms with Gasteiger partial charge in [-0.05, 0) is 23.1 Å². The first-order valence-corrected chi connectivity index (χ1v) is 9.48. The molecule has 0 bridgehead atoms. The van der Waals surface area contributed by atoms with Gasteiger partial charge in [-0.3, -0.25) is 4.99 Å². The van der Waals surface area contributed by atoms with Crippen LogP contribution in [0.1, 0.15) is 39.1 Å². The summed E-state index contributed by atoms with van der Waals surface area (Å²) in [6, 6.07) is 8.28. The Labute approximate surface area is 162 Å². The van der Waals surface area contributed by atoms with Crippen molar-refractivity contribution in [1.82, 2.24) is 25.4 Å². The summed E-state index contributed by atoms with van der Waals surface area (Å²) < 4.78 is 7.91. The van der Waals surface area contributed by atoms with Gasteiger partial charge in [0.1, 0.15) is 24.5 Å². The van der Waals surface area contributed by atoms with Gasteiger partial charge < -0.3 is 19.9 Å². The molecule has 1 aromatic carbocycles. The number of nitrogens with zero attached hydrogens (tertiary/aromatic N) is 4. The summed E-state index contributed by atoms with van der Waals surface area (Å²) in [6.45, 7) is 11.5. The Morgan fingerprint density at radius 2 is 2.00 bits per heavy atom. The fraction of sp³-hybridized carbons (Fsp3) is 0.550. The number of hydrogen-bond acceptors (Lipinski definition) is 4. The Balaban J connectivity index is 1.71. The number of nitrogens with one attached hydrogen (secondary N) is 2. The lowest BCUT2D eigenvalue weighted by atomic mass is 9.87. The predicted molar refractivity (Wildman–Crippen MR) is 109 cm³/mol. The van der Waals surface area contributed by atoms with Gasteiger partial charge in [-0.25, -0.2) is 0 Å². The zero-order valence-corrected chi connectivity index (χ0v) is 17.1. The molecule has 0 amide bonds. The number of guanidine groups is 1.